The van der Waals surface area contributed by atoms with Crippen LogP contribution in [0.2, 0.25) is 0 Å². The molecule has 8 nitrogen and oxygen atoms in total. The van der Waals surface area contributed by atoms with Gasteiger partial charge in [-0.25, -0.2) is 19.8 Å². The molecule has 36 heavy (non-hydrogen) atoms. The van der Waals surface area contributed by atoms with Gasteiger partial charge in [0.25, 0.3) is 0 Å². The van der Waals surface area contributed by atoms with Crippen LogP contribution in [0.4, 0.5) is 40.7 Å². The molecule has 0 saturated carbocycles. The number of pyridine rings is 1. The zero-order valence-electron chi connectivity index (χ0n) is 19.7. The van der Waals surface area contributed by atoms with Crippen LogP contribution in [0.5, 0.6) is 0 Å². The van der Waals surface area contributed by atoms with E-state index >= 15 is 0 Å². The summed E-state index contributed by atoms with van der Waals surface area (Å²) in [6.07, 6.45) is -1.06. The molecule has 12 heteroatoms. The summed E-state index contributed by atoms with van der Waals surface area (Å²) in [7, 11) is 0. The number of anilines is 4. The summed E-state index contributed by atoms with van der Waals surface area (Å²) in [6, 6.07) is 8.28. The van der Waals surface area contributed by atoms with Crippen molar-refractivity contribution in [2.24, 2.45) is 5.10 Å². The van der Waals surface area contributed by atoms with Crippen molar-refractivity contribution in [1.29, 1.82) is 0 Å². The van der Waals surface area contributed by atoms with Crippen molar-refractivity contribution in [2.45, 2.75) is 32.5 Å². The number of aromatic nitrogens is 3. The number of aryl methyl sites for hydroxylation is 1. The summed E-state index contributed by atoms with van der Waals surface area (Å²) in [5.41, 5.74) is 3.86. The Kier molecular flexibility index (Phi) is 7.63. The van der Waals surface area contributed by atoms with Crippen LogP contribution in [0.15, 0.2) is 47.7 Å². The van der Waals surface area contributed by atoms with Crippen LogP contribution in [0.1, 0.15) is 30.3 Å². The smallest absolute Gasteiger partial charge is 0.375 e. The van der Waals surface area contributed by atoms with Gasteiger partial charge in [-0.3, -0.25) is 0 Å². The Morgan fingerprint density at radius 3 is 2.81 bits per heavy atom. The number of ether oxygens (including phenoxy) is 1. The maximum Gasteiger partial charge on any atom is 0.416 e. The molecular formula is C24H25F4N7O. The molecule has 0 radical (unpaired) electrons. The minimum Gasteiger partial charge on any atom is -0.375 e. The Bertz CT molecular complexity index is 1240. The van der Waals surface area contributed by atoms with E-state index in [1.807, 2.05) is 11.8 Å². The SMILES string of the molecule is CCC1CN(c2nc(NN=Cc3ccc(Nc4cccc(C(F)(F)F)c4)c(C)n3)ncc2F)CCO1. The van der Waals surface area contributed by atoms with Crippen LogP contribution < -0.4 is 15.6 Å². The first-order valence-electron chi connectivity index (χ1n) is 11.3. The third kappa shape index (κ3) is 6.25. The zero-order chi connectivity index (χ0) is 25.7. The Labute approximate surface area is 205 Å². The fourth-order valence-electron chi connectivity index (χ4n) is 3.66. The van der Waals surface area contributed by atoms with E-state index in [0.717, 1.165) is 24.8 Å². The average Bonchev–Trinajstić information content (AvgIpc) is 2.86. The molecule has 0 bridgehead atoms. The highest BCUT2D eigenvalue weighted by atomic mass is 19.4. The Morgan fingerprint density at radius 2 is 2.06 bits per heavy atom. The van der Waals surface area contributed by atoms with E-state index in [0.29, 0.717) is 42.5 Å². The average molecular weight is 504 g/mol. The van der Waals surface area contributed by atoms with Gasteiger partial charge in [-0.1, -0.05) is 13.0 Å². The van der Waals surface area contributed by atoms with Crippen LogP contribution >= 0.6 is 0 Å². The highest BCUT2D eigenvalue weighted by Crippen LogP contribution is 2.31. The van der Waals surface area contributed by atoms with E-state index in [2.05, 4.69) is 30.8 Å². The lowest BCUT2D eigenvalue weighted by Gasteiger charge is -2.33. The number of benzene rings is 1. The second-order valence-electron chi connectivity index (χ2n) is 8.15. The summed E-state index contributed by atoms with van der Waals surface area (Å²) in [4.78, 5) is 14.4. The molecule has 2 N–H and O–H groups in total. The number of halogens is 4. The first-order chi connectivity index (χ1) is 17.2. The van der Waals surface area contributed by atoms with Gasteiger partial charge in [0.05, 0.1) is 47.8 Å². The van der Waals surface area contributed by atoms with Crippen molar-refractivity contribution in [3.63, 3.8) is 0 Å². The lowest BCUT2D eigenvalue weighted by Crippen LogP contribution is -2.43. The molecule has 1 atom stereocenters. The Hall–Kier alpha value is -3.80. The number of rotatable bonds is 7. The summed E-state index contributed by atoms with van der Waals surface area (Å²) in [5, 5.41) is 7.03. The van der Waals surface area contributed by atoms with Gasteiger partial charge in [0.15, 0.2) is 11.6 Å². The number of morpholine rings is 1. The standard InChI is InChI=1S/C24H25F4N7O/c1-3-19-14-35(9-10-36-19)22-20(25)13-29-23(33-22)34-30-12-18-7-8-21(15(2)31-18)32-17-6-4-5-16(11-17)24(26,27)28/h4-8,11-13,19,32H,3,9-10,14H2,1-2H3,(H,29,33,34). The second kappa shape index (κ2) is 10.9. The van der Waals surface area contributed by atoms with Gasteiger partial charge < -0.3 is 15.0 Å². The van der Waals surface area contributed by atoms with Crippen LogP contribution in [-0.2, 0) is 10.9 Å². The molecule has 3 heterocycles. The minimum atomic E-state index is -4.42. The number of hydrazone groups is 1. The third-order valence-corrected chi connectivity index (χ3v) is 5.56. The van der Waals surface area contributed by atoms with Gasteiger partial charge in [0.1, 0.15) is 0 Å². The molecule has 4 rings (SSSR count). The molecule has 1 saturated heterocycles. The molecule has 1 aromatic carbocycles. The largest absolute Gasteiger partial charge is 0.416 e. The van der Waals surface area contributed by atoms with Crippen molar-refractivity contribution >= 4 is 29.4 Å². The van der Waals surface area contributed by atoms with Crippen LogP contribution in [0, 0.1) is 12.7 Å². The molecule has 190 valence electrons. The summed E-state index contributed by atoms with van der Waals surface area (Å²) >= 11 is 0. The first-order valence-corrected chi connectivity index (χ1v) is 11.3. The summed E-state index contributed by atoms with van der Waals surface area (Å²) < 4.78 is 58.8. The highest BCUT2D eigenvalue weighted by molar-refractivity contribution is 5.78. The molecule has 3 aromatic rings. The van der Waals surface area contributed by atoms with E-state index in [-0.39, 0.29) is 17.9 Å². The van der Waals surface area contributed by atoms with Crippen LogP contribution in [-0.4, -0.2) is 47.0 Å². The summed E-state index contributed by atoms with van der Waals surface area (Å²) in [5.74, 6) is -0.215. The molecule has 1 aliphatic heterocycles. The van der Waals surface area contributed by atoms with E-state index < -0.39 is 17.6 Å². The maximum absolute atomic E-state index is 14.3. The number of hydrogen-bond acceptors (Lipinski definition) is 8. The second-order valence-corrected chi connectivity index (χ2v) is 8.15. The predicted octanol–water partition coefficient (Wildman–Crippen LogP) is 5.14. The number of nitrogens with zero attached hydrogens (tertiary/aromatic N) is 5. The third-order valence-electron chi connectivity index (χ3n) is 5.56. The Balaban J connectivity index is 1.41. The molecule has 1 unspecified atom stereocenters. The number of hydrogen-bond donors (Lipinski definition) is 2. The van der Waals surface area contributed by atoms with Crippen molar-refractivity contribution in [2.75, 3.05) is 35.3 Å². The molecular weight excluding hydrogens is 478 g/mol. The molecule has 0 aliphatic carbocycles. The van der Waals surface area contributed by atoms with Crippen molar-refractivity contribution in [1.82, 2.24) is 15.0 Å². The van der Waals surface area contributed by atoms with Crippen molar-refractivity contribution < 1.29 is 22.3 Å². The maximum atomic E-state index is 14.3. The molecule has 0 spiro atoms. The number of nitrogens with one attached hydrogen (secondary N) is 2. The van der Waals surface area contributed by atoms with Gasteiger partial charge in [-0.15, -0.1) is 0 Å². The predicted molar refractivity (Wildman–Crippen MR) is 129 cm³/mol. The van der Waals surface area contributed by atoms with Gasteiger partial charge in [0, 0.05) is 18.8 Å². The minimum absolute atomic E-state index is 0.0166. The van der Waals surface area contributed by atoms with E-state index in [1.54, 1.807) is 25.1 Å². The first kappa shape index (κ1) is 25.3. The fraction of sp³-hybridized carbons (Fsp3) is 0.333. The van der Waals surface area contributed by atoms with E-state index in [4.69, 9.17) is 4.74 Å². The zero-order valence-corrected chi connectivity index (χ0v) is 19.7. The lowest BCUT2D eigenvalue weighted by atomic mass is 10.2. The highest BCUT2D eigenvalue weighted by Gasteiger charge is 2.30. The lowest BCUT2D eigenvalue weighted by molar-refractivity contribution is -0.137. The van der Waals surface area contributed by atoms with E-state index in [9.17, 15) is 17.6 Å². The van der Waals surface area contributed by atoms with Crippen LogP contribution in [0.3, 0.4) is 0 Å². The fourth-order valence-corrected chi connectivity index (χ4v) is 3.66. The quantitative estimate of drug-likeness (QED) is 0.262. The topological polar surface area (TPSA) is 87.6 Å². The van der Waals surface area contributed by atoms with Crippen molar-refractivity contribution in [3.05, 3.63) is 65.4 Å². The Morgan fingerprint density at radius 1 is 1.22 bits per heavy atom. The summed E-state index contributed by atoms with van der Waals surface area (Å²) in [6.45, 7) is 5.29. The van der Waals surface area contributed by atoms with Crippen LogP contribution in [0.25, 0.3) is 0 Å². The van der Waals surface area contributed by atoms with Gasteiger partial charge in [-0.05, 0) is 43.7 Å². The molecule has 0 amide bonds. The molecule has 2 aromatic heterocycles. The van der Waals surface area contributed by atoms with Crippen molar-refractivity contribution in [3.8, 4) is 0 Å². The van der Waals surface area contributed by atoms with E-state index in [1.165, 1.54) is 12.3 Å². The van der Waals surface area contributed by atoms with Gasteiger partial charge in [0.2, 0.25) is 5.95 Å². The normalized spacial score (nSPS) is 16.4. The number of alkyl halides is 3. The molecule has 1 fully saturated rings. The monoisotopic (exact) mass is 503 g/mol. The van der Waals surface area contributed by atoms with Gasteiger partial charge >= 0.3 is 6.18 Å². The van der Waals surface area contributed by atoms with Gasteiger partial charge in [-0.2, -0.15) is 23.3 Å². The molecule has 1 aliphatic rings.